The van der Waals surface area contributed by atoms with E-state index in [1.165, 1.54) is 0 Å². The fourth-order valence-electron chi connectivity index (χ4n) is 0.703. The second-order valence-electron chi connectivity index (χ2n) is 3.26. The van der Waals surface area contributed by atoms with E-state index in [4.69, 9.17) is 0 Å². The van der Waals surface area contributed by atoms with E-state index < -0.39 is 10.8 Å². The standard InChI is InChI=1S/C9H18O2S/c1-4-5-6-12(11)7-9(10)8(2)3/h8H,4-7H2,1-3H3. The van der Waals surface area contributed by atoms with Gasteiger partial charge < -0.3 is 0 Å². The Hall–Kier alpha value is -0.180. The average Bonchev–Trinajstić information content (AvgIpc) is 2.00. The summed E-state index contributed by atoms with van der Waals surface area (Å²) in [5.41, 5.74) is 0. The maximum atomic E-state index is 11.2. The molecule has 0 aliphatic heterocycles. The molecule has 0 fully saturated rings. The Kier molecular flexibility index (Phi) is 6.25. The molecule has 0 aromatic rings. The van der Waals surface area contributed by atoms with Crippen LogP contribution in [0.25, 0.3) is 0 Å². The Balaban J connectivity index is 3.62. The monoisotopic (exact) mass is 190 g/mol. The number of ketones is 1. The molecule has 0 aliphatic carbocycles. The first-order valence-corrected chi connectivity index (χ1v) is 5.94. The Morgan fingerprint density at radius 3 is 2.42 bits per heavy atom. The average molecular weight is 190 g/mol. The highest BCUT2D eigenvalue weighted by Gasteiger charge is 2.10. The topological polar surface area (TPSA) is 34.1 Å². The minimum absolute atomic E-state index is 0.0237. The molecular formula is C9H18O2S. The van der Waals surface area contributed by atoms with Gasteiger partial charge in [-0.1, -0.05) is 27.2 Å². The third kappa shape index (κ3) is 5.47. The first-order valence-electron chi connectivity index (χ1n) is 4.45. The summed E-state index contributed by atoms with van der Waals surface area (Å²) in [5.74, 6) is 1.06. The highest BCUT2D eigenvalue weighted by atomic mass is 32.2. The van der Waals surface area contributed by atoms with Crippen LogP contribution in [-0.4, -0.2) is 21.5 Å². The number of rotatable bonds is 6. The van der Waals surface area contributed by atoms with Gasteiger partial charge in [-0.3, -0.25) is 9.00 Å². The van der Waals surface area contributed by atoms with Crippen LogP contribution in [0.1, 0.15) is 33.6 Å². The van der Waals surface area contributed by atoms with E-state index in [9.17, 15) is 9.00 Å². The Bertz CT molecular complexity index is 164. The van der Waals surface area contributed by atoms with Crippen molar-refractivity contribution in [1.82, 2.24) is 0 Å². The molecule has 0 aromatic heterocycles. The predicted molar refractivity (Wildman–Crippen MR) is 52.6 cm³/mol. The van der Waals surface area contributed by atoms with Crippen LogP contribution >= 0.6 is 0 Å². The normalized spacial score (nSPS) is 13.3. The van der Waals surface area contributed by atoms with Gasteiger partial charge in [0.2, 0.25) is 0 Å². The number of unbranched alkanes of at least 4 members (excludes halogenated alkanes) is 1. The molecule has 0 radical (unpaired) electrons. The summed E-state index contributed by atoms with van der Waals surface area (Å²) in [5, 5.41) is 0. The van der Waals surface area contributed by atoms with Crippen molar-refractivity contribution < 1.29 is 9.00 Å². The highest BCUT2D eigenvalue weighted by Crippen LogP contribution is 1.98. The predicted octanol–water partition coefficient (Wildman–Crippen LogP) is 1.76. The van der Waals surface area contributed by atoms with Gasteiger partial charge >= 0.3 is 0 Å². The summed E-state index contributed by atoms with van der Waals surface area (Å²) in [6.07, 6.45) is 2.00. The lowest BCUT2D eigenvalue weighted by Crippen LogP contribution is -2.17. The number of carbonyl (C=O) groups excluding carboxylic acids is 1. The SMILES string of the molecule is CCCCS(=O)CC(=O)C(C)C. The molecule has 0 saturated carbocycles. The Morgan fingerprint density at radius 1 is 1.42 bits per heavy atom. The van der Waals surface area contributed by atoms with Gasteiger partial charge in [-0.25, -0.2) is 0 Å². The molecule has 0 N–H and O–H groups in total. The van der Waals surface area contributed by atoms with Gasteiger partial charge in [0.1, 0.15) is 5.78 Å². The van der Waals surface area contributed by atoms with Crippen molar-refractivity contribution in [3.05, 3.63) is 0 Å². The van der Waals surface area contributed by atoms with Gasteiger partial charge in [0.15, 0.2) is 0 Å². The van der Waals surface area contributed by atoms with Crippen molar-refractivity contribution >= 4 is 16.6 Å². The van der Waals surface area contributed by atoms with Crippen molar-refractivity contribution in [3.8, 4) is 0 Å². The lowest BCUT2D eigenvalue weighted by molar-refractivity contribution is -0.119. The van der Waals surface area contributed by atoms with Crippen LogP contribution in [-0.2, 0) is 15.6 Å². The third-order valence-corrected chi connectivity index (χ3v) is 3.02. The summed E-state index contributed by atoms with van der Waals surface area (Å²) < 4.78 is 11.2. The zero-order chi connectivity index (χ0) is 9.56. The summed E-state index contributed by atoms with van der Waals surface area (Å²) >= 11 is 0. The van der Waals surface area contributed by atoms with Crippen LogP contribution in [0.4, 0.5) is 0 Å². The van der Waals surface area contributed by atoms with Gasteiger partial charge in [0.05, 0.1) is 5.75 Å². The zero-order valence-corrected chi connectivity index (χ0v) is 8.95. The van der Waals surface area contributed by atoms with Crippen molar-refractivity contribution in [2.24, 2.45) is 5.92 Å². The largest absolute Gasteiger partial charge is 0.298 e. The van der Waals surface area contributed by atoms with Gasteiger partial charge in [-0.05, 0) is 6.42 Å². The molecule has 1 atom stereocenters. The summed E-state index contributed by atoms with van der Waals surface area (Å²) in [6.45, 7) is 5.75. The van der Waals surface area contributed by atoms with E-state index in [1.807, 2.05) is 13.8 Å². The first-order chi connectivity index (χ1) is 5.57. The molecule has 0 heterocycles. The fourth-order valence-corrected chi connectivity index (χ4v) is 2.11. The molecule has 0 aliphatic rings. The maximum absolute atomic E-state index is 11.2. The van der Waals surface area contributed by atoms with Gasteiger partial charge in [0, 0.05) is 22.5 Å². The zero-order valence-electron chi connectivity index (χ0n) is 8.13. The quantitative estimate of drug-likeness (QED) is 0.639. The van der Waals surface area contributed by atoms with Gasteiger partial charge in [-0.2, -0.15) is 0 Å². The van der Waals surface area contributed by atoms with E-state index in [-0.39, 0.29) is 17.5 Å². The van der Waals surface area contributed by atoms with Crippen LogP contribution in [0.3, 0.4) is 0 Å². The maximum Gasteiger partial charge on any atom is 0.147 e. The fraction of sp³-hybridized carbons (Fsp3) is 0.889. The van der Waals surface area contributed by atoms with Crippen LogP contribution in [0, 0.1) is 5.92 Å². The molecule has 0 spiro atoms. The van der Waals surface area contributed by atoms with Crippen LogP contribution in [0.2, 0.25) is 0 Å². The second kappa shape index (κ2) is 6.35. The smallest absolute Gasteiger partial charge is 0.147 e. The van der Waals surface area contributed by atoms with Crippen LogP contribution < -0.4 is 0 Å². The van der Waals surface area contributed by atoms with Crippen molar-refractivity contribution in [2.45, 2.75) is 33.6 Å². The first kappa shape index (κ1) is 11.8. The molecule has 0 rings (SSSR count). The van der Waals surface area contributed by atoms with Crippen molar-refractivity contribution in [1.29, 1.82) is 0 Å². The molecule has 0 aromatic carbocycles. The van der Waals surface area contributed by atoms with Crippen molar-refractivity contribution in [2.75, 3.05) is 11.5 Å². The summed E-state index contributed by atoms with van der Waals surface area (Å²) in [6, 6.07) is 0. The number of hydrogen-bond acceptors (Lipinski definition) is 2. The van der Waals surface area contributed by atoms with Crippen LogP contribution in [0.15, 0.2) is 0 Å². The van der Waals surface area contributed by atoms with Crippen LogP contribution in [0.5, 0.6) is 0 Å². The molecular weight excluding hydrogens is 172 g/mol. The molecule has 3 heteroatoms. The van der Waals surface area contributed by atoms with E-state index in [0.717, 1.165) is 12.8 Å². The molecule has 0 saturated heterocycles. The van der Waals surface area contributed by atoms with E-state index in [0.29, 0.717) is 5.75 Å². The Labute approximate surface area is 77.2 Å². The Morgan fingerprint density at radius 2 is 2.00 bits per heavy atom. The van der Waals surface area contributed by atoms with E-state index in [2.05, 4.69) is 6.92 Å². The molecule has 1 unspecified atom stereocenters. The van der Waals surface area contributed by atoms with Gasteiger partial charge in [0.25, 0.3) is 0 Å². The minimum Gasteiger partial charge on any atom is -0.298 e. The molecule has 12 heavy (non-hydrogen) atoms. The number of carbonyl (C=O) groups is 1. The highest BCUT2D eigenvalue weighted by molar-refractivity contribution is 7.85. The lowest BCUT2D eigenvalue weighted by atomic mass is 10.1. The number of Topliss-reactive ketones (excluding diaryl/α,β-unsaturated/α-hetero) is 1. The van der Waals surface area contributed by atoms with E-state index in [1.54, 1.807) is 0 Å². The van der Waals surface area contributed by atoms with Crippen molar-refractivity contribution in [3.63, 3.8) is 0 Å². The minimum atomic E-state index is -0.920. The molecule has 0 bridgehead atoms. The molecule has 0 amide bonds. The molecule has 2 nitrogen and oxygen atoms in total. The van der Waals surface area contributed by atoms with E-state index >= 15 is 0 Å². The summed E-state index contributed by atoms with van der Waals surface area (Å²) in [7, 11) is -0.920. The lowest BCUT2D eigenvalue weighted by Gasteiger charge is -2.03. The summed E-state index contributed by atoms with van der Waals surface area (Å²) in [4.78, 5) is 11.1. The third-order valence-electron chi connectivity index (χ3n) is 1.67. The van der Waals surface area contributed by atoms with Gasteiger partial charge in [-0.15, -0.1) is 0 Å². The second-order valence-corrected chi connectivity index (χ2v) is 4.84. The molecule has 72 valence electrons. The number of hydrogen-bond donors (Lipinski definition) is 0.